The van der Waals surface area contributed by atoms with Crippen LogP contribution in [0.3, 0.4) is 0 Å². The number of aromatic nitrogens is 2. The Balaban J connectivity index is 1.59. The van der Waals surface area contributed by atoms with Crippen molar-refractivity contribution in [3.05, 3.63) is 45.3 Å². The second kappa shape index (κ2) is 8.21. The number of likely N-dealkylation sites (tertiary alicyclic amines) is 1. The number of nitrogens with zero attached hydrogens (tertiary/aromatic N) is 3. The third kappa shape index (κ3) is 4.74. The first-order valence-corrected chi connectivity index (χ1v) is 9.73. The van der Waals surface area contributed by atoms with Crippen molar-refractivity contribution in [1.29, 1.82) is 0 Å². The first kappa shape index (κ1) is 18.2. The van der Waals surface area contributed by atoms with Gasteiger partial charge < -0.3 is 9.64 Å². The summed E-state index contributed by atoms with van der Waals surface area (Å²) in [5.74, 6) is 1.71. The predicted molar refractivity (Wildman–Crippen MR) is 106 cm³/mol. The fourth-order valence-electron chi connectivity index (χ4n) is 3.34. The molecule has 2 heterocycles. The largest absolute Gasteiger partial charge is 0.497 e. The molecule has 0 atom stereocenters. The third-order valence-corrected chi connectivity index (χ3v) is 5.77. The van der Waals surface area contributed by atoms with Gasteiger partial charge in [0.15, 0.2) is 0 Å². The molecule has 1 aromatic heterocycles. The van der Waals surface area contributed by atoms with E-state index in [0.29, 0.717) is 5.92 Å². The molecule has 0 spiro atoms. The molecule has 1 saturated heterocycles. The van der Waals surface area contributed by atoms with Crippen LogP contribution < -0.4 is 4.74 Å². The fraction of sp³-hybridized carbons (Fsp3) is 0.474. The van der Waals surface area contributed by atoms with E-state index in [9.17, 15) is 4.79 Å². The summed E-state index contributed by atoms with van der Waals surface area (Å²) < 4.78 is 8.30. The molecule has 3 rings (SSSR count). The van der Waals surface area contributed by atoms with Gasteiger partial charge in [0.2, 0.25) is 5.91 Å². The van der Waals surface area contributed by atoms with E-state index in [2.05, 4.69) is 46.0 Å². The van der Waals surface area contributed by atoms with E-state index in [1.807, 2.05) is 21.7 Å². The van der Waals surface area contributed by atoms with Gasteiger partial charge in [-0.15, -0.1) is 0 Å². The van der Waals surface area contributed by atoms with E-state index in [4.69, 9.17) is 4.74 Å². The average Bonchev–Trinajstić information content (AvgIpc) is 2.95. The molecule has 0 unspecified atom stereocenters. The normalized spacial score (nSPS) is 15.4. The first-order valence-electron chi connectivity index (χ1n) is 8.65. The highest BCUT2D eigenvalue weighted by molar-refractivity contribution is 14.1. The van der Waals surface area contributed by atoms with Gasteiger partial charge in [0, 0.05) is 31.8 Å². The van der Waals surface area contributed by atoms with Gasteiger partial charge in [-0.25, -0.2) is 0 Å². The van der Waals surface area contributed by atoms with Crippen LogP contribution in [0.15, 0.2) is 30.5 Å². The summed E-state index contributed by atoms with van der Waals surface area (Å²) in [4.78, 5) is 13.4. The molecule has 1 aliphatic heterocycles. The van der Waals surface area contributed by atoms with Crippen LogP contribution in [-0.4, -0.2) is 40.8 Å². The lowest BCUT2D eigenvalue weighted by Crippen LogP contribution is -2.37. The van der Waals surface area contributed by atoms with Gasteiger partial charge in [-0.05, 0) is 65.5 Å². The zero-order chi connectivity index (χ0) is 17.8. The van der Waals surface area contributed by atoms with Crippen LogP contribution in [0.5, 0.6) is 5.75 Å². The molecule has 0 aliphatic carbocycles. The van der Waals surface area contributed by atoms with E-state index >= 15 is 0 Å². The van der Waals surface area contributed by atoms with Crippen LogP contribution in [0.4, 0.5) is 0 Å². The van der Waals surface area contributed by atoms with Crippen molar-refractivity contribution in [1.82, 2.24) is 14.7 Å². The average molecular weight is 453 g/mol. The smallest absolute Gasteiger partial charge is 0.219 e. The number of amides is 1. The van der Waals surface area contributed by atoms with Gasteiger partial charge in [-0.1, -0.05) is 12.1 Å². The van der Waals surface area contributed by atoms with Crippen LogP contribution >= 0.6 is 22.6 Å². The third-order valence-electron chi connectivity index (χ3n) is 4.86. The lowest BCUT2D eigenvalue weighted by Gasteiger charge is -2.31. The zero-order valence-corrected chi connectivity index (χ0v) is 16.9. The Morgan fingerprint density at radius 3 is 2.56 bits per heavy atom. The molecule has 1 fully saturated rings. The number of hydrogen-bond acceptors (Lipinski definition) is 3. The van der Waals surface area contributed by atoms with Crippen LogP contribution in [0, 0.1) is 9.62 Å². The zero-order valence-electron chi connectivity index (χ0n) is 14.7. The quantitative estimate of drug-likeness (QED) is 0.653. The molecule has 6 heteroatoms. The minimum atomic E-state index is 0.195. The van der Waals surface area contributed by atoms with Crippen LogP contribution in [0.2, 0.25) is 0 Å². The minimum absolute atomic E-state index is 0.195. The highest BCUT2D eigenvalue weighted by Gasteiger charge is 2.22. The summed E-state index contributed by atoms with van der Waals surface area (Å²) in [6.45, 7) is 4.20. The minimum Gasteiger partial charge on any atom is -0.497 e. The molecule has 0 bridgehead atoms. The molecule has 5 nitrogen and oxygen atoms in total. The molecule has 25 heavy (non-hydrogen) atoms. The topological polar surface area (TPSA) is 47.4 Å². The Morgan fingerprint density at radius 2 is 1.96 bits per heavy atom. The van der Waals surface area contributed by atoms with Gasteiger partial charge in [0.25, 0.3) is 0 Å². The number of methoxy groups -OCH3 is 1. The maximum absolute atomic E-state index is 11.4. The summed E-state index contributed by atoms with van der Waals surface area (Å²) in [5.41, 5.74) is 2.52. The molecule has 1 amide bonds. The second-order valence-electron chi connectivity index (χ2n) is 6.64. The number of piperidine rings is 1. The van der Waals surface area contributed by atoms with Crippen molar-refractivity contribution in [2.45, 2.75) is 32.7 Å². The van der Waals surface area contributed by atoms with Gasteiger partial charge in [-0.3, -0.25) is 9.48 Å². The van der Waals surface area contributed by atoms with E-state index in [1.165, 1.54) is 11.1 Å². The monoisotopic (exact) mass is 453 g/mol. The molecule has 0 saturated carbocycles. The van der Waals surface area contributed by atoms with Crippen LogP contribution in [0.25, 0.3) is 0 Å². The van der Waals surface area contributed by atoms with Crippen LogP contribution in [-0.2, 0) is 17.8 Å². The van der Waals surface area contributed by atoms with Crippen molar-refractivity contribution in [3.8, 4) is 5.75 Å². The van der Waals surface area contributed by atoms with E-state index < -0.39 is 0 Å². The SMILES string of the molecule is COc1ccc(Cn2cc(CC3CCN(C(C)=O)CC3)c(I)n2)cc1. The lowest BCUT2D eigenvalue weighted by molar-refractivity contribution is -0.130. The predicted octanol–water partition coefficient (Wildman–Crippen LogP) is 3.35. The van der Waals surface area contributed by atoms with Crippen molar-refractivity contribution < 1.29 is 9.53 Å². The van der Waals surface area contributed by atoms with Crippen molar-refractivity contribution >= 4 is 28.5 Å². The van der Waals surface area contributed by atoms with Gasteiger partial charge in [0.05, 0.1) is 13.7 Å². The fourth-order valence-corrected chi connectivity index (χ4v) is 3.97. The Labute approximate surface area is 162 Å². The molecule has 0 N–H and O–H groups in total. The molecule has 1 aliphatic rings. The number of rotatable bonds is 5. The number of carbonyl (C=O) groups is 1. The molecule has 2 aromatic rings. The maximum atomic E-state index is 11.4. The molecular formula is C19H24IN3O2. The lowest BCUT2D eigenvalue weighted by atomic mass is 9.91. The van der Waals surface area contributed by atoms with E-state index in [1.54, 1.807) is 14.0 Å². The van der Waals surface area contributed by atoms with Gasteiger partial charge in [0.1, 0.15) is 9.45 Å². The number of benzene rings is 1. The summed E-state index contributed by atoms with van der Waals surface area (Å²) in [6.07, 6.45) is 5.38. The maximum Gasteiger partial charge on any atom is 0.219 e. The highest BCUT2D eigenvalue weighted by Crippen LogP contribution is 2.24. The summed E-state index contributed by atoms with van der Waals surface area (Å²) >= 11 is 2.33. The van der Waals surface area contributed by atoms with E-state index in [0.717, 1.165) is 48.3 Å². The first-order chi connectivity index (χ1) is 12.0. The van der Waals surface area contributed by atoms with Gasteiger partial charge in [-0.2, -0.15) is 5.10 Å². The summed E-state index contributed by atoms with van der Waals surface area (Å²) in [5, 5.41) is 4.66. The number of carbonyl (C=O) groups excluding carboxylic acids is 1. The standard InChI is InChI=1S/C19H24IN3O2/c1-14(24)22-9-7-15(8-10-22)11-17-13-23(21-19(17)20)12-16-3-5-18(25-2)6-4-16/h3-6,13,15H,7-12H2,1-2H3. The molecule has 0 radical (unpaired) electrons. The molecule has 134 valence electrons. The van der Waals surface area contributed by atoms with E-state index in [-0.39, 0.29) is 5.91 Å². The van der Waals surface area contributed by atoms with Crippen molar-refractivity contribution in [3.63, 3.8) is 0 Å². The summed E-state index contributed by atoms with van der Waals surface area (Å²) in [6, 6.07) is 8.11. The van der Waals surface area contributed by atoms with Crippen molar-refractivity contribution in [2.75, 3.05) is 20.2 Å². The highest BCUT2D eigenvalue weighted by atomic mass is 127. The number of hydrogen-bond donors (Lipinski definition) is 0. The summed E-state index contributed by atoms with van der Waals surface area (Å²) in [7, 11) is 1.68. The van der Waals surface area contributed by atoms with Gasteiger partial charge >= 0.3 is 0 Å². The van der Waals surface area contributed by atoms with Crippen molar-refractivity contribution in [2.24, 2.45) is 5.92 Å². The Morgan fingerprint density at radius 1 is 1.28 bits per heavy atom. The number of halogens is 1. The molecular weight excluding hydrogens is 429 g/mol. The van der Waals surface area contributed by atoms with Crippen LogP contribution in [0.1, 0.15) is 30.9 Å². The number of ether oxygens (including phenoxy) is 1. The Kier molecular flexibility index (Phi) is 5.98. The second-order valence-corrected chi connectivity index (χ2v) is 7.67. The molecule has 1 aromatic carbocycles. The Hall–Kier alpha value is -1.57. The Bertz CT molecular complexity index is 719.